The van der Waals surface area contributed by atoms with Gasteiger partial charge in [0, 0.05) is 35.1 Å². The lowest BCUT2D eigenvalue weighted by molar-refractivity contribution is 0.549. The van der Waals surface area contributed by atoms with Crippen molar-refractivity contribution >= 4 is 38.7 Å². The number of halogens is 1. The van der Waals surface area contributed by atoms with E-state index in [1.54, 1.807) is 24.4 Å². The molecule has 2 aromatic carbocycles. The SMILES string of the molecule is CS(=O)(=O)Nc1ccc(N2C(=S)N[C@@H](c3ccccn3)[C@H]2c2cccn2-c2cccc(F)c2)cc1. The molecule has 0 aliphatic carbocycles. The fraction of sp³-hybridized carbons (Fsp3) is 0.120. The molecular weight excluding hydrogens is 485 g/mol. The summed E-state index contributed by atoms with van der Waals surface area (Å²) in [7, 11) is -3.39. The van der Waals surface area contributed by atoms with E-state index >= 15 is 0 Å². The van der Waals surface area contributed by atoms with Gasteiger partial charge in [-0.15, -0.1) is 0 Å². The summed E-state index contributed by atoms with van der Waals surface area (Å²) in [5.41, 5.74) is 3.61. The third-order valence-electron chi connectivity index (χ3n) is 5.72. The molecule has 0 saturated carbocycles. The molecule has 1 aliphatic rings. The zero-order chi connectivity index (χ0) is 24.6. The maximum atomic E-state index is 14.1. The number of anilines is 2. The van der Waals surface area contributed by atoms with E-state index < -0.39 is 10.0 Å². The molecular formula is C25H22FN5O2S2. The molecule has 0 unspecified atom stereocenters. The van der Waals surface area contributed by atoms with Gasteiger partial charge in [0.1, 0.15) is 11.9 Å². The van der Waals surface area contributed by atoms with Gasteiger partial charge in [0.25, 0.3) is 0 Å². The molecule has 1 aliphatic heterocycles. The average molecular weight is 508 g/mol. The van der Waals surface area contributed by atoms with Crippen molar-refractivity contribution in [2.24, 2.45) is 0 Å². The Hall–Kier alpha value is -3.76. The third-order valence-corrected chi connectivity index (χ3v) is 6.64. The highest BCUT2D eigenvalue weighted by Gasteiger charge is 2.42. The number of nitrogens with zero attached hydrogens (tertiary/aromatic N) is 3. The van der Waals surface area contributed by atoms with Crippen LogP contribution in [0.3, 0.4) is 0 Å². The molecule has 3 heterocycles. The molecule has 5 rings (SSSR count). The molecule has 2 aromatic heterocycles. The molecule has 0 spiro atoms. The van der Waals surface area contributed by atoms with Crippen LogP contribution in [0.1, 0.15) is 23.5 Å². The van der Waals surface area contributed by atoms with Crippen LogP contribution < -0.4 is 14.9 Å². The van der Waals surface area contributed by atoms with E-state index in [2.05, 4.69) is 15.0 Å². The Morgan fingerprint density at radius 1 is 1.00 bits per heavy atom. The Morgan fingerprint density at radius 3 is 2.49 bits per heavy atom. The van der Waals surface area contributed by atoms with Crippen LogP contribution in [0.15, 0.2) is 91.3 Å². The van der Waals surface area contributed by atoms with Gasteiger partial charge in [-0.2, -0.15) is 0 Å². The van der Waals surface area contributed by atoms with E-state index in [4.69, 9.17) is 12.2 Å². The van der Waals surface area contributed by atoms with E-state index in [1.165, 1.54) is 12.1 Å². The van der Waals surface area contributed by atoms with E-state index in [-0.39, 0.29) is 17.9 Å². The van der Waals surface area contributed by atoms with Gasteiger partial charge in [0.05, 0.1) is 18.0 Å². The van der Waals surface area contributed by atoms with E-state index in [1.807, 2.05) is 64.2 Å². The lowest BCUT2D eigenvalue weighted by Crippen LogP contribution is -2.30. The second-order valence-electron chi connectivity index (χ2n) is 8.20. The molecule has 10 heteroatoms. The summed E-state index contributed by atoms with van der Waals surface area (Å²) in [6.07, 6.45) is 4.73. The van der Waals surface area contributed by atoms with Crippen LogP contribution in [0.25, 0.3) is 5.69 Å². The molecule has 7 nitrogen and oxygen atoms in total. The van der Waals surface area contributed by atoms with Gasteiger partial charge in [-0.05, 0) is 78.9 Å². The first-order valence-electron chi connectivity index (χ1n) is 10.8. The summed E-state index contributed by atoms with van der Waals surface area (Å²) in [5, 5.41) is 3.90. The van der Waals surface area contributed by atoms with Crippen molar-refractivity contribution in [2.75, 3.05) is 15.9 Å². The maximum Gasteiger partial charge on any atom is 0.229 e. The Kier molecular flexibility index (Phi) is 6.00. The van der Waals surface area contributed by atoms with Gasteiger partial charge in [0.2, 0.25) is 10.0 Å². The number of benzene rings is 2. The van der Waals surface area contributed by atoms with Crippen LogP contribution in [0.5, 0.6) is 0 Å². The molecule has 35 heavy (non-hydrogen) atoms. The zero-order valence-electron chi connectivity index (χ0n) is 18.7. The Bertz CT molecular complexity index is 1470. The Balaban J connectivity index is 1.61. The van der Waals surface area contributed by atoms with Gasteiger partial charge in [-0.1, -0.05) is 12.1 Å². The predicted molar refractivity (Wildman–Crippen MR) is 139 cm³/mol. The van der Waals surface area contributed by atoms with E-state index in [0.29, 0.717) is 16.5 Å². The molecule has 0 bridgehead atoms. The van der Waals surface area contributed by atoms with Crippen molar-refractivity contribution in [2.45, 2.75) is 12.1 Å². The van der Waals surface area contributed by atoms with Crippen LogP contribution in [0.2, 0.25) is 0 Å². The molecule has 1 saturated heterocycles. The summed E-state index contributed by atoms with van der Waals surface area (Å²) >= 11 is 5.76. The third kappa shape index (κ3) is 4.75. The second kappa shape index (κ2) is 9.12. The van der Waals surface area contributed by atoms with Crippen LogP contribution in [0, 0.1) is 5.82 Å². The van der Waals surface area contributed by atoms with Gasteiger partial charge >= 0.3 is 0 Å². The minimum atomic E-state index is -3.39. The van der Waals surface area contributed by atoms with Crippen LogP contribution in [-0.2, 0) is 10.0 Å². The highest BCUT2D eigenvalue weighted by Crippen LogP contribution is 2.42. The summed E-state index contributed by atoms with van der Waals surface area (Å²) in [6.45, 7) is 0. The normalized spacial score (nSPS) is 17.9. The summed E-state index contributed by atoms with van der Waals surface area (Å²) in [5.74, 6) is -0.325. The molecule has 178 valence electrons. The minimum Gasteiger partial charge on any atom is -0.351 e. The molecule has 2 N–H and O–H groups in total. The predicted octanol–water partition coefficient (Wildman–Crippen LogP) is 4.56. The van der Waals surface area contributed by atoms with Crippen molar-refractivity contribution in [3.63, 3.8) is 0 Å². The Morgan fingerprint density at radius 2 is 1.80 bits per heavy atom. The first-order chi connectivity index (χ1) is 16.8. The fourth-order valence-corrected chi connectivity index (χ4v) is 5.24. The van der Waals surface area contributed by atoms with Crippen molar-refractivity contribution in [3.05, 3.63) is 108 Å². The number of thiocarbonyl (C=S) groups is 1. The van der Waals surface area contributed by atoms with Crippen molar-refractivity contribution in [3.8, 4) is 5.69 Å². The number of pyridine rings is 1. The minimum absolute atomic E-state index is 0.278. The number of rotatable bonds is 6. The summed E-state index contributed by atoms with van der Waals surface area (Å²) in [4.78, 5) is 6.54. The standard InChI is InChI=1S/C25H22FN5O2S2/c1-35(32,33)29-18-10-12-19(13-11-18)31-24(23(28-25(31)34)21-8-2-3-14-27-21)22-9-5-15-30(22)20-7-4-6-17(26)16-20/h2-16,23-24,29H,1H3,(H,28,34)/t23-,24+/m0/s1. The van der Waals surface area contributed by atoms with Crippen LogP contribution >= 0.6 is 12.2 Å². The molecule has 2 atom stereocenters. The van der Waals surface area contributed by atoms with Crippen LogP contribution in [-0.4, -0.2) is 29.3 Å². The first kappa shape index (κ1) is 23.0. The van der Waals surface area contributed by atoms with Crippen molar-refractivity contribution in [1.82, 2.24) is 14.9 Å². The smallest absolute Gasteiger partial charge is 0.229 e. The van der Waals surface area contributed by atoms with E-state index in [9.17, 15) is 12.8 Å². The van der Waals surface area contributed by atoms with Gasteiger partial charge in [-0.3, -0.25) is 9.71 Å². The van der Waals surface area contributed by atoms with Gasteiger partial charge in [0.15, 0.2) is 5.11 Å². The van der Waals surface area contributed by atoms with Gasteiger partial charge < -0.3 is 14.8 Å². The fourth-order valence-electron chi connectivity index (χ4n) is 4.33. The number of sulfonamides is 1. The Labute approximate surface area is 208 Å². The first-order valence-corrected chi connectivity index (χ1v) is 13.1. The van der Waals surface area contributed by atoms with Crippen LogP contribution in [0.4, 0.5) is 15.8 Å². The number of hydrogen-bond donors (Lipinski definition) is 2. The second-order valence-corrected chi connectivity index (χ2v) is 10.3. The average Bonchev–Trinajstić information content (AvgIpc) is 3.43. The van der Waals surface area contributed by atoms with Gasteiger partial charge in [-0.25, -0.2) is 12.8 Å². The number of aromatic nitrogens is 2. The largest absolute Gasteiger partial charge is 0.351 e. The number of hydrogen-bond acceptors (Lipinski definition) is 4. The highest BCUT2D eigenvalue weighted by molar-refractivity contribution is 7.92. The lowest BCUT2D eigenvalue weighted by atomic mass is 10.0. The highest BCUT2D eigenvalue weighted by atomic mass is 32.2. The molecule has 0 amide bonds. The molecule has 4 aromatic rings. The van der Waals surface area contributed by atoms with Crippen molar-refractivity contribution in [1.29, 1.82) is 0 Å². The van der Waals surface area contributed by atoms with E-state index in [0.717, 1.165) is 23.3 Å². The van der Waals surface area contributed by atoms with Crippen molar-refractivity contribution < 1.29 is 12.8 Å². The number of nitrogens with one attached hydrogen (secondary N) is 2. The topological polar surface area (TPSA) is 79.3 Å². The molecule has 1 fully saturated rings. The molecule has 0 radical (unpaired) electrons. The quantitative estimate of drug-likeness (QED) is 0.373. The monoisotopic (exact) mass is 507 g/mol. The lowest BCUT2D eigenvalue weighted by Gasteiger charge is -2.29. The summed E-state index contributed by atoms with van der Waals surface area (Å²) < 4.78 is 41.7. The maximum absolute atomic E-state index is 14.1. The summed E-state index contributed by atoms with van der Waals surface area (Å²) in [6, 6.07) is 22.4. The zero-order valence-corrected chi connectivity index (χ0v) is 20.3.